The van der Waals surface area contributed by atoms with E-state index >= 15 is 0 Å². The van der Waals surface area contributed by atoms with E-state index in [1.807, 2.05) is 4.90 Å². The minimum Gasteiger partial charge on any atom is -0.339 e. The van der Waals surface area contributed by atoms with Gasteiger partial charge in [-0.15, -0.1) is 12.4 Å². The average molecular weight is 428 g/mol. The van der Waals surface area contributed by atoms with Gasteiger partial charge in [0.15, 0.2) is 0 Å². The van der Waals surface area contributed by atoms with E-state index in [9.17, 15) is 18.0 Å². The lowest BCUT2D eigenvalue weighted by molar-refractivity contribution is 0.0756. The Labute approximate surface area is 171 Å². The van der Waals surface area contributed by atoms with E-state index < -0.39 is 22.0 Å². The van der Waals surface area contributed by atoms with E-state index in [4.69, 9.17) is 0 Å². The van der Waals surface area contributed by atoms with Gasteiger partial charge in [0.2, 0.25) is 0 Å². The fraction of sp³-hybridized carbons (Fsp3) is 0.579. The van der Waals surface area contributed by atoms with Gasteiger partial charge in [-0.3, -0.25) is 9.59 Å². The Hall–Kier alpha value is -1.64. The molecule has 2 fully saturated rings. The first-order chi connectivity index (χ1) is 12.8. The summed E-state index contributed by atoms with van der Waals surface area (Å²) in [7, 11) is -3.90. The molecular weight excluding hydrogens is 402 g/mol. The Morgan fingerprint density at radius 3 is 2.32 bits per heavy atom. The van der Waals surface area contributed by atoms with E-state index in [1.54, 1.807) is 19.9 Å². The molecule has 2 amide bonds. The molecule has 4 rings (SSSR count). The molecule has 0 unspecified atom stereocenters. The molecule has 1 aromatic carbocycles. The first kappa shape index (κ1) is 21.1. The zero-order valence-electron chi connectivity index (χ0n) is 16.1. The highest BCUT2D eigenvalue weighted by atomic mass is 35.5. The number of hydrogen-bond acceptors (Lipinski definition) is 5. The lowest BCUT2D eigenvalue weighted by Crippen LogP contribution is -2.36. The third-order valence-corrected chi connectivity index (χ3v) is 7.97. The van der Waals surface area contributed by atoms with Gasteiger partial charge in [-0.25, -0.2) is 12.7 Å². The number of halogens is 1. The van der Waals surface area contributed by atoms with Crippen molar-refractivity contribution in [2.24, 2.45) is 11.8 Å². The average Bonchev–Trinajstić information content (AvgIpc) is 3.07. The van der Waals surface area contributed by atoms with Crippen LogP contribution in [-0.4, -0.2) is 61.7 Å². The molecule has 1 aromatic rings. The van der Waals surface area contributed by atoms with Gasteiger partial charge in [-0.05, 0) is 69.8 Å². The van der Waals surface area contributed by atoms with Crippen molar-refractivity contribution >= 4 is 34.2 Å². The van der Waals surface area contributed by atoms with Crippen LogP contribution in [0.25, 0.3) is 0 Å². The van der Waals surface area contributed by atoms with Gasteiger partial charge >= 0.3 is 0 Å². The molecule has 3 aliphatic heterocycles. The normalized spacial score (nSPS) is 25.9. The largest absolute Gasteiger partial charge is 0.339 e. The minimum atomic E-state index is -3.90. The maximum atomic E-state index is 13.0. The molecule has 154 valence electrons. The highest BCUT2D eigenvalue weighted by Gasteiger charge is 2.43. The van der Waals surface area contributed by atoms with Gasteiger partial charge in [0.1, 0.15) is 4.90 Å². The van der Waals surface area contributed by atoms with E-state index in [-0.39, 0.29) is 28.8 Å². The number of carbonyl (C=O) groups excluding carboxylic acids is 2. The van der Waals surface area contributed by atoms with Crippen LogP contribution in [0, 0.1) is 11.8 Å². The number of nitrogens with zero attached hydrogens (tertiary/aromatic N) is 2. The molecule has 0 aliphatic carbocycles. The van der Waals surface area contributed by atoms with Crippen LogP contribution in [0.3, 0.4) is 0 Å². The predicted octanol–water partition coefficient (Wildman–Crippen LogP) is 1.73. The van der Waals surface area contributed by atoms with E-state index in [1.165, 1.54) is 12.1 Å². The smallest absolute Gasteiger partial charge is 0.269 e. The summed E-state index contributed by atoms with van der Waals surface area (Å²) in [6, 6.07) is 3.96. The minimum absolute atomic E-state index is 0. The maximum Gasteiger partial charge on any atom is 0.269 e. The van der Waals surface area contributed by atoms with Gasteiger partial charge < -0.3 is 10.2 Å². The second kappa shape index (κ2) is 7.65. The number of hydrogen-bond donors (Lipinski definition) is 1. The van der Waals surface area contributed by atoms with Crippen molar-refractivity contribution in [1.82, 2.24) is 14.5 Å². The SMILES string of the molecule is CC(C)N1C(=O)c2ccc(C(=O)N3CC[C@@H]4CNC[C@@H]4CC3)cc2S1(=O)=O.Cl. The van der Waals surface area contributed by atoms with Crippen LogP contribution < -0.4 is 5.32 Å². The third-order valence-electron chi connectivity index (χ3n) is 5.97. The third kappa shape index (κ3) is 3.31. The summed E-state index contributed by atoms with van der Waals surface area (Å²) in [6.07, 6.45) is 1.93. The molecule has 1 N–H and O–H groups in total. The van der Waals surface area contributed by atoms with Gasteiger partial charge in [-0.2, -0.15) is 0 Å². The van der Waals surface area contributed by atoms with Crippen LogP contribution in [0.5, 0.6) is 0 Å². The lowest BCUT2D eigenvalue weighted by Gasteiger charge is -2.21. The number of carbonyl (C=O) groups is 2. The van der Waals surface area contributed by atoms with Gasteiger partial charge in [0.25, 0.3) is 21.8 Å². The molecule has 0 bridgehead atoms. The highest BCUT2D eigenvalue weighted by Crippen LogP contribution is 2.33. The Morgan fingerprint density at radius 1 is 1.14 bits per heavy atom. The molecule has 9 heteroatoms. The van der Waals surface area contributed by atoms with Crippen molar-refractivity contribution in [3.8, 4) is 0 Å². The van der Waals surface area contributed by atoms with E-state index in [2.05, 4.69) is 5.32 Å². The molecule has 2 atom stereocenters. The van der Waals surface area contributed by atoms with Crippen molar-refractivity contribution in [1.29, 1.82) is 0 Å². The van der Waals surface area contributed by atoms with E-state index in [0.29, 0.717) is 30.5 Å². The van der Waals surface area contributed by atoms with Gasteiger partial charge in [-0.1, -0.05) is 0 Å². The van der Waals surface area contributed by atoms with Crippen molar-refractivity contribution in [3.05, 3.63) is 29.3 Å². The summed E-state index contributed by atoms with van der Waals surface area (Å²) in [4.78, 5) is 27.2. The fourth-order valence-corrected chi connectivity index (χ4v) is 6.29. The van der Waals surface area contributed by atoms with Crippen LogP contribution >= 0.6 is 12.4 Å². The number of rotatable bonds is 2. The quantitative estimate of drug-likeness (QED) is 0.776. The van der Waals surface area contributed by atoms with Crippen LogP contribution in [0.4, 0.5) is 0 Å². The highest BCUT2D eigenvalue weighted by molar-refractivity contribution is 7.90. The number of amides is 2. The number of nitrogens with one attached hydrogen (secondary N) is 1. The standard InChI is InChI=1S/C19H25N3O4S.ClH/c1-12(2)22-19(24)16-4-3-13(9-17(16)27(22,25)26)18(23)21-7-5-14-10-20-11-15(14)6-8-21;/h3-4,9,12,14-15,20H,5-8,10-11H2,1-2H3;1H/t14-,15+;. The first-order valence-corrected chi connectivity index (χ1v) is 11.0. The van der Waals surface area contributed by atoms with Gasteiger partial charge in [0, 0.05) is 24.7 Å². The topological polar surface area (TPSA) is 86.8 Å². The molecule has 3 aliphatic rings. The molecule has 2 saturated heterocycles. The van der Waals surface area contributed by atoms with Gasteiger partial charge in [0.05, 0.1) is 5.56 Å². The summed E-state index contributed by atoms with van der Waals surface area (Å²) in [5.74, 6) is 0.548. The summed E-state index contributed by atoms with van der Waals surface area (Å²) in [5, 5.41) is 3.42. The van der Waals surface area contributed by atoms with Crippen molar-refractivity contribution in [2.75, 3.05) is 26.2 Å². The molecule has 0 radical (unpaired) electrons. The van der Waals surface area contributed by atoms with Crippen LogP contribution in [0.15, 0.2) is 23.1 Å². The monoisotopic (exact) mass is 427 g/mol. The van der Waals surface area contributed by atoms with Crippen molar-refractivity contribution < 1.29 is 18.0 Å². The Morgan fingerprint density at radius 2 is 1.75 bits per heavy atom. The number of likely N-dealkylation sites (tertiary alicyclic amines) is 1. The van der Waals surface area contributed by atoms with Crippen molar-refractivity contribution in [2.45, 2.75) is 37.6 Å². The lowest BCUT2D eigenvalue weighted by atomic mass is 9.92. The molecule has 0 spiro atoms. The number of fused-ring (bicyclic) bond motifs is 2. The molecule has 28 heavy (non-hydrogen) atoms. The molecular formula is C19H26ClN3O4S. The summed E-state index contributed by atoms with van der Waals surface area (Å²) >= 11 is 0. The fourth-order valence-electron chi connectivity index (χ4n) is 4.50. The summed E-state index contributed by atoms with van der Waals surface area (Å²) in [5.41, 5.74) is 0.484. The molecule has 0 saturated carbocycles. The zero-order chi connectivity index (χ0) is 19.3. The maximum absolute atomic E-state index is 13.0. The second-order valence-electron chi connectivity index (χ2n) is 7.96. The van der Waals surface area contributed by atoms with Crippen LogP contribution in [0.1, 0.15) is 47.4 Å². The Balaban J connectivity index is 0.00000225. The number of benzene rings is 1. The van der Waals surface area contributed by atoms with Crippen LogP contribution in [-0.2, 0) is 10.0 Å². The zero-order valence-corrected chi connectivity index (χ0v) is 17.7. The van der Waals surface area contributed by atoms with E-state index in [0.717, 1.165) is 30.2 Å². The number of sulfonamides is 1. The predicted molar refractivity (Wildman–Crippen MR) is 107 cm³/mol. The first-order valence-electron chi connectivity index (χ1n) is 9.53. The molecule has 3 heterocycles. The molecule has 7 nitrogen and oxygen atoms in total. The summed E-state index contributed by atoms with van der Waals surface area (Å²) in [6.45, 7) is 6.71. The summed E-state index contributed by atoms with van der Waals surface area (Å²) < 4.78 is 26.4. The van der Waals surface area contributed by atoms with Crippen molar-refractivity contribution in [3.63, 3.8) is 0 Å². The second-order valence-corrected chi connectivity index (χ2v) is 9.74. The van der Waals surface area contributed by atoms with Crippen LogP contribution in [0.2, 0.25) is 0 Å². The Bertz CT molecular complexity index is 888. The molecule has 0 aromatic heterocycles. The Kier molecular flexibility index (Phi) is 5.76.